The summed E-state index contributed by atoms with van der Waals surface area (Å²) in [6.07, 6.45) is 1.72. The Morgan fingerprint density at radius 3 is 2.90 bits per heavy atom. The number of anilines is 1. The number of benzene rings is 1. The number of ether oxygens (including phenoxy) is 1. The van der Waals surface area contributed by atoms with E-state index in [0.717, 1.165) is 21.9 Å². The average Bonchev–Trinajstić information content (AvgIpc) is 2.47. The molecule has 4 heteroatoms. The molecule has 0 radical (unpaired) electrons. The second-order valence-electron chi connectivity index (χ2n) is 4.49. The highest BCUT2D eigenvalue weighted by Gasteiger charge is 2.09. The first-order chi connectivity index (χ1) is 9.70. The van der Waals surface area contributed by atoms with Gasteiger partial charge < -0.3 is 10.5 Å². The van der Waals surface area contributed by atoms with Gasteiger partial charge >= 0.3 is 0 Å². The third kappa shape index (κ3) is 1.95. The third-order valence-electron chi connectivity index (χ3n) is 3.21. The first kappa shape index (κ1) is 12.4. The Morgan fingerprint density at radius 2 is 2.10 bits per heavy atom. The zero-order valence-corrected chi connectivity index (χ0v) is 11.3. The number of hydrogen-bond donors (Lipinski definition) is 1. The summed E-state index contributed by atoms with van der Waals surface area (Å²) >= 11 is 0. The molecular formula is C16H15N3O. The predicted octanol–water partition coefficient (Wildman–Crippen LogP) is 3.37. The summed E-state index contributed by atoms with van der Waals surface area (Å²) in [7, 11) is 0. The van der Waals surface area contributed by atoms with Crippen molar-refractivity contribution in [3.8, 4) is 0 Å². The number of fused-ring (bicyclic) bond motifs is 3. The van der Waals surface area contributed by atoms with Crippen molar-refractivity contribution in [3.63, 3.8) is 0 Å². The van der Waals surface area contributed by atoms with Gasteiger partial charge in [-0.15, -0.1) is 0 Å². The van der Waals surface area contributed by atoms with Crippen molar-refractivity contribution >= 4 is 33.4 Å². The van der Waals surface area contributed by atoms with E-state index in [1.54, 1.807) is 6.20 Å². The summed E-state index contributed by atoms with van der Waals surface area (Å²) in [4.78, 5) is 8.78. The fourth-order valence-corrected chi connectivity index (χ4v) is 2.27. The van der Waals surface area contributed by atoms with Gasteiger partial charge in [0.25, 0.3) is 0 Å². The molecule has 2 N–H and O–H groups in total. The van der Waals surface area contributed by atoms with Crippen LogP contribution in [0, 0.1) is 0 Å². The van der Waals surface area contributed by atoms with Crippen LogP contribution in [0.15, 0.2) is 43.1 Å². The summed E-state index contributed by atoms with van der Waals surface area (Å²) < 4.78 is 5.44. The minimum absolute atomic E-state index is 0.437. The van der Waals surface area contributed by atoms with E-state index in [9.17, 15) is 0 Å². The van der Waals surface area contributed by atoms with Gasteiger partial charge in [0.1, 0.15) is 11.3 Å². The Hall–Kier alpha value is -2.62. The number of nitrogens with two attached hydrogens (primary N) is 1. The number of rotatable bonds is 3. The van der Waals surface area contributed by atoms with E-state index in [1.807, 2.05) is 37.3 Å². The molecule has 20 heavy (non-hydrogen) atoms. The fraction of sp³-hybridized carbons (Fsp3) is 0.125. The van der Waals surface area contributed by atoms with Crippen molar-refractivity contribution in [2.24, 2.45) is 0 Å². The average molecular weight is 265 g/mol. The maximum atomic E-state index is 5.98. The Kier molecular flexibility index (Phi) is 2.99. The summed E-state index contributed by atoms with van der Waals surface area (Å²) in [6.45, 7) is 6.42. The van der Waals surface area contributed by atoms with Crippen LogP contribution in [0.1, 0.15) is 12.5 Å². The van der Waals surface area contributed by atoms with Crippen molar-refractivity contribution in [1.29, 1.82) is 0 Å². The molecule has 0 saturated heterocycles. The summed E-state index contributed by atoms with van der Waals surface area (Å²) in [5.74, 6) is 1.05. The lowest BCUT2D eigenvalue weighted by atomic mass is 10.1. The molecule has 0 unspecified atom stereocenters. The first-order valence-corrected chi connectivity index (χ1v) is 6.46. The third-order valence-corrected chi connectivity index (χ3v) is 3.21. The number of para-hydroxylation sites is 1. The number of nitrogen functional groups attached to an aromatic ring is 1. The molecule has 0 aliphatic carbocycles. The number of nitrogens with zero attached hydrogens (tertiary/aromatic N) is 2. The highest BCUT2D eigenvalue weighted by Crippen LogP contribution is 2.28. The standard InChI is InChI=1S/C16H15N3O/c1-3-20-10(2)11-8-13-12-6-4-5-7-14(12)19-16(17)15(13)18-9-11/h4-9H,2-3H2,1H3,(H2,17,19). The first-order valence-electron chi connectivity index (χ1n) is 6.46. The molecule has 4 nitrogen and oxygen atoms in total. The van der Waals surface area contributed by atoms with Gasteiger partial charge in [-0.1, -0.05) is 24.8 Å². The number of pyridine rings is 2. The molecular weight excluding hydrogens is 250 g/mol. The van der Waals surface area contributed by atoms with Gasteiger partial charge in [0.2, 0.25) is 0 Å². The van der Waals surface area contributed by atoms with Crippen LogP contribution in [0.3, 0.4) is 0 Å². The summed E-state index contributed by atoms with van der Waals surface area (Å²) in [6, 6.07) is 9.87. The zero-order valence-electron chi connectivity index (χ0n) is 11.3. The van der Waals surface area contributed by atoms with Gasteiger partial charge in [0, 0.05) is 22.5 Å². The van der Waals surface area contributed by atoms with E-state index in [2.05, 4.69) is 16.5 Å². The lowest BCUT2D eigenvalue weighted by Crippen LogP contribution is -1.97. The molecule has 3 aromatic rings. The minimum atomic E-state index is 0.437. The van der Waals surface area contributed by atoms with E-state index >= 15 is 0 Å². The van der Waals surface area contributed by atoms with Crippen LogP contribution in [0.5, 0.6) is 0 Å². The van der Waals surface area contributed by atoms with E-state index in [0.29, 0.717) is 23.7 Å². The van der Waals surface area contributed by atoms with Gasteiger partial charge in [-0.25, -0.2) is 4.98 Å². The number of aromatic nitrogens is 2. The maximum absolute atomic E-state index is 5.98. The van der Waals surface area contributed by atoms with Gasteiger partial charge in [0.05, 0.1) is 12.1 Å². The predicted molar refractivity (Wildman–Crippen MR) is 82.1 cm³/mol. The Labute approximate surface area is 116 Å². The topological polar surface area (TPSA) is 61.0 Å². The molecule has 0 amide bonds. The molecule has 2 heterocycles. The Balaban J connectivity index is 2.31. The summed E-state index contributed by atoms with van der Waals surface area (Å²) in [5, 5.41) is 1.99. The molecule has 0 bridgehead atoms. The Morgan fingerprint density at radius 1 is 1.30 bits per heavy atom. The highest BCUT2D eigenvalue weighted by molar-refractivity contribution is 6.08. The highest BCUT2D eigenvalue weighted by atomic mass is 16.5. The van der Waals surface area contributed by atoms with Crippen LogP contribution in [0.2, 0.25) is 0 Å². The zero-order chi connectivity index (χ0) is 14.1. The van der Waals surface area contributed by atoms with Crippen LogP contribution >= 0.6 is 0 Å². The van der Waals surface area contributed by atoms with Crippen molar-refractivity contribution in [1.82, 2.24) is 9.97 Å². The Bertz CT molecular complexity index is 811. The lowest BCUT2D eigenvalue weighted by molar-refractivity contribution is 0.299. The molecule has 2 aromatic heterocycles. The molecule has 0 saturated carbocycles. The smallest absolute Gasteiger partial charge is 0.150 e. The van der Waals surface area contributed by atoms with Gasteiger partial charge in [-0.05, 0) is 19.1 Å². The largest absolute Gasteiger partial charge is 0.494 e. The van der Waals surface area contributed by atoms with Crippen LogP contribution < -0.4 is 5.73 Å². The van der Waals surface area contributed by atoms with Crippen LogP contribution in [-0.4, -0.2) is 16.6 Å². The minimum Gasteiger partial charge on any atom is -0.494 e. The molecule has 0 atom stereocenters. The van der Waals surface area contributed by atoms with E-state index in [1.165, 1.54) is 0 Å². The van der Waals surface area contributed by atoms with Crippen LogP contribution in [0.25, 0.3) is 27.6 Å². The van der Waals surface area contributed by atoms with Crippen molar-refractivity contribution in [3.05, 3.63) is 48.7 Å². The molecule has 0 aliphatic rings. The maximum Gasteiger partial charge on any atom is 0.150 e. The normalized spacial score (nSPS) is 10.8. The van der Waals surface area contributed by atoms with E-state index < -0.39 is 0 Å². The number of hydrogen-bond acceptors (Lipinski definition) is 4. The van der Waals surface area contributed by atoms with Gasteiger partial charge in [-0.3, -0.25) is 4.98 Å². The van der Waals surface area contributed by atoms with Crippen LogP contribution in [0.4, 0.5) is 5.82 Å². The van der Waals surface area contributed by atoms with Crippen molar-refractivity contribution in [2.45, 2.75) is 6.92 Å². The van der Waals surface area contributed by atoms with Crippen LogP contribution in [-0.2, 0) is 4.74 Å². The molecule has 0 fully saturated rings. The molecule has 0 spiro atoms. The second-order valence-corrected chi connectivity index (χ2v) is 4.49. The monoisotopic (exact) mass is 265 g/mol. The SMILES string of the molecule is C=C(OCC)c1cnc2c(N)nc3ccccc3c2c1. The van der Waals surface area contributed by atoms with E-state index in [4.69, 9.17) is 10.5 Å². The summed E-state index contributed by atoms with van der Waals surface area (Å²) in [5.41, 5.74) is 8.40. The second kappa shape index (κ2) is 4.81. The molecule has 1 aromatic carbocycles. The fourth-order valence-electron chi connectivity index (χ4n) is 2.27. The van der Waals surface area contributed by atoms with Gasteiger partial charge in [0.15, 0.2) is 5.82 Å². The van der Waals surface area contributed by atoms with Crippen molar-refractivity contribution in [2.75, 3.05) is 12.3 Å². The molecule has 0 aliphatic heterocycles. The quantitative estimate of drug-likeness (QED) is 0.582. The lowest BCUT2D eigenvalue weighted by Gasteiger charge is -2.10. The van der Waals surface area contributed by atoms with Crippen molar-refractivity contribution < 1.29 is 4.74 Å². The molecule has 3 rings (SSSR count). The van der Waals surface area contributed by atoms with E-state index in [-0.39, 0.29) is 0 Å². The van der Waals surface area contributed by atoms with Gasteiger partial charge in [-0.2, -0.15) is 0 Å². The molecule has 100 valence electrons.